The molecule has 0 spiro atoms. The molecule has 11 nitrogen and oxygen atoms in total. The largest absolute Gasteiger partial charge is 0.508 e. The highest BCUT2D eigenvalue weighted by Crippen LogP contribution is 2.57. The van der Waals surface area contributed by atoms with Crippen molar-refractivity contribution in [3.63, 3.8) is 0 Å². The van der Waals surface area contributed by atoms with Crippen LogP contribution >= 0.6 is 0 Å². The fourth-order valence-electron chi connectivity index (χ4n) is 5.60. The molecule has 0 radical (unpaired) electrons. The molecule has 4 rings (SSSR count). The van der Waals surface area contributed by atoms with Crippen LogP contribution in [0.25, 0.3) is 5.76 Å². The highest BCUT2D eigenvalue weighted by atomic mass is 16.4. The number of amides is 1. The second kappa shape index (κ2) is 6.87. The number of hydrogen-bond acceptors (Lipinski definition) is 10. The van der Waals surface area contributed by atoms with Crippen LogP contribution in [0.5, 0.6) is 5.75 Å². The number of rotatable bonds is 2. The Morgan fingerprint density at radius 2 is 1.73 bits per heavy atom. The van der Waals surface area contributed by atoms with Crippen LogP contribution in [0.4, 0.5) is 0 Å². The number of fused-ring (bicyclic) bond motifs is 3. The average Bonchev–Trinajstić information content (AvgIpc) is 2.70. The van der Waals surface area contributed by atoms with E-state index >= 15 is 0 Å². The second-order valence-electron chi connectivity index (χ2n) is 9.06. The van der Waals surface area contributed by atoms with E-state index in [2.05, 4.69) is 0 Å². The predicted molar refractivity (Wildman–Crippen MR) is 112 cm³/mol. The molecule has 1 aromatic rings. The number of nitrogens with two attached hydrogens (primary N) is 1. The highest BCUT2D eigenvalue weighted by molar-refractivity contribution is 6.24. The maximum atomic E-state index is 13.7. The van der Waals surface area contributed by atoms with Crippen molar-refractivity contribution in [2.45, 2.75) is 30.3 Å². The number of likely N-dealkylation sites (N-methyl/N-ethyl adjacent to an activating group) is 1. The normalized spacial score (nSPS) is 36.0. The molecule has 1 amide bonds. The Bertz CT molecular complexity index is 1180. The van der Waals surface area contributed by atoms with Gasteiger partial charge in [0, 0.05) is 0 Å². The fourth-order valence-corrected chi connectivity index (χ4v) is 5.60. The van der Waals surface area contributed by atoms with Gasteiger partial charge in [-0.2, -0.15) is 0 Å². The number of phenolic OH excluding ortho intramolecular Hbond substituents is 1. The summed E-state index contributed by atoms with van der Waals surface area (Å²) in [6.07, 6.45) is -1.87. The molecule has 33 heavy (non-hydrogen) atoms. The van der Waals surface area contributed by atoms with E-state index in [1.54, 1.807) is 0 Å². The molecule has 1 unspecified atom stereocenters. The van der Waals surface area contributed by atoms with Gasteiger partial charge in [0.1, 0.15) is 22.8 Å². The van der Waals surface area contributed by atoms with Crippen LogP contribution in [0.2, 0.25) is 0 Å². The third-order valence-corrected chi connectivity index (χ3v) is 7.03. The van der Waals surface area contributed by atoms with E-state index in [-0.39, 0.29) is 11.1 Å². The first-order chi connectivity index (χ1) is 15.2. The first-order valence-electron chi connectivity index (χ1n) is 10.1. The van der Waals surface area contributed by atoms with Gasteiger partial charge in [-0.1, -0.05) is 12.1 Å². The lowest BCUT2D eigenvalue weighted by Gasteiger charge is -2.55. The lowest BCUT2D eigenvalue weighted by Crippen LogP contribution is -2.71. The topological polar surface area (TPSA) is 202 Å². The Hall–Kier alpha value is -3.25. The van der Waals surface area contributed by atoms with Crippen LogP contribution in [0.15, 0.2) is 35.1 Å². The number of phenols is 1. The van der Waals surface area contributed by atoms with Crippen molar-refractivity contribution in [1.82, 2.24) is 4.90 Å². The van der Waals surface area contributed by atoms with Gasteiger partial charge in [0.05, 0.1) is 40.7 Å². The molecule has 176 valence electrons. The van der Waals surface area contributed by atoms with Gasteiger partial charge in [0.25, 0.3) is 5.91 Å². The van der Waals surface area contributed by atoms with E-state index in [9.17, 15) is 45.0 Å². The molecule has 1 aromatic carbocycles. The molecular weight excluding hydrogens is 436 g/mol. The summed E-state index contributed by atoms with van der Waals surface area (Å²) in [6, 6.07) is 2.50. The van der Waals surface area contributed by atoms with Gasteiger partial charge >= 0.3 is 0 Å². The quantitative estimate of drug-likeness (QED) is 0.257. The van der Waals surface area contributed by atoms with Gasteiger partial charge in [0.15, 0.2) is 11.4 Å². The van der Waals surface area contributed by atoms with E-state index in [0.717, 1.165) is 0 Å². The van der Waals surface area contributed by atoms with Crippen molar-refractivity contribution in [2.24, 2.45) is 17.6 Å². The number of aromatic hydroxyl groups is 1. The maximum Gasteiger partial charge on any atom is 0.255 e. The van der Waals surface area contributed by atoms with Gasteiger partial charge in [0.2, 0.25) is 5.78 Å². The van der Waals surface area contributed by atoms with Crippen LogP contribution in [0.3, 0.4) is 0 Å². The van der Waals surface area contributed by atoms with E-state index < -0.39 is 81.1 Å². The number of primary amides is 1. The van der Waals surface area contributed by atoms with Gasteiger partial charge < -0.3 is 36.4 Å². The second-order valence-corrected chi connectivity index (χ2v) is 9.06. The number of benzene rings is 1. The molecule has 0 bridgehead atoms. The first-order valence-corrected chi connectivity index (χ1v) is 10.1. The summed E-state index contributed by atoms with van der Waals surface area (Å²) >= 11 is 0. The van der Waals surface area contributed by atoms with E-state index in [4.69, 9.17) is 5.73 Å². The zero-order valence-corrected chi connectivity index (χ0v) is 18.0. The molecule has 1 saturated carbocycles. The van der Waals surface area contributed by atoms with E-state index in [1.165, 1.54) is 44.1 Å². The summed E-state index contributed by atoms with van der Waals surface area (Å²) in [5.74, 6) is -9.67. The van der Waals surface area contributed by atoms with Crippen molar-refractivity contribution in [3.05, 3.63) is 46.2 Å². The fraction of sp³-hybridized carbons (Fsp3) is 0.409. The van der Waals surface area contributed by atoms with E-state index in [1.807, 2.05) is 0 Å². The number of carbonyl (C=O) groups excluding carboxylic acids is 3. The van der Waals surface area contributed by atoms with Crippen LogP contribution in [-0.2, 0) is 20.0 Å². The summed E-state index contributed by atoms with van der Waals surface area (Å²) in [5.41, 5.74) is -1.78. The third-order valence-electron chi connectivity index (χ3n) is 7.03. The highest BCUT2D eigenvalue weighted by Gasteiger charge is 2.70. The van der Waals surface area contributed by atoms with Crippen molar-refractivity contribution in [1.29, 1.82) is 0 Å². The van der Waals surface area contributed by atoms with E-state index in [0.29, 0.717) is 0 Å². The Morgan fingerprint density at radius 1 is 1.12 bits per heavy atom. The number of hydrogen-bond donors (Lipinski definition) is 7. The van der Waals surface area contributed by atoms with Gasteiger partial charge in [-0.15, -0.1) is 0 Å². The number of Topliss-reactive ketones (excluding diaryl/α,β-unsaturated/α-hetero) is 2. The predicted octanol–water partition coefficient (Wildman–Crippen LogP) is -1.40. The van der Waals surface area contributed by atoms with Crippen LogP contribution in [0, 0.1) is 11.8 Å². The SMILES string of the molecule is CN(C)C1C(=O)C(C(N)=O)=C(O)[C@@]2(O)C(=O)C3=C(O)c4c(O)cccc4[C@@](C)(O)[C@H]3[C@H](O)[C@@H]12. The van der Waals surface area contributed by atoms with Crippen molar-refractivity contribution >= 4 is 23.2 Å². The molecule has 0 aromatic heterocycles. The zero-order chi connectivity index (χ0) is 24.8. The number of ketones is 2. The van der Waals surface area contributed by atoms with Crippen molar-refractivity contribution in [2.75, 3.05) is 14.1 Å². The van der Waals surface area contributed by atoms with Crippen LogP contribution < -0.4 is 5.73 Å². The monoisotopic (exact) mass is 460 g/mol. The Labute approximate surface area is 187 Å². The maximum absolute atomic E-state index is 13.7. The minimum Gasteiger partial charge on any atom is -0.508 e. The van der Waals surface area contributed by atoms with Crippen molar-refractivity contribution < 1.29 is 45.0 Å². The number of nitrogens with zero attached hydrogens (tertiary/aromatic N) is 1. The van der Waals surface area contributed by atoms with Crippen molar-refractivity contribution in [3.8, 4) is 5.75 Å². The first kappa shape index (κ1) is 22.9. The smallest absolute Gasteiger partial charge is 0.255 e. The lowest BCUT2D eigenvalue weighted by atomic mass is 9.53. The molecule has 0 saturated heterocycles. The average molecular weight is 460 g/mol. The standard InChI is InChI=1S/C22H24N2O9/c1-21(32)7-5-4-6-8(25)9(7)15(26)10-12(21)17(28)13-14(24(2)3)16(27)11(20(23)31)19(30)22(13,33)18(10)29/h4-6,12-14,17,25-26,28,30,32-33H,1-3H3,(H2,23,31)/t12-,13-,14?,17+,21-,22+/m1/s1. The Morgan fingerprint density at radius 3 is 2.27 bits per heavy atom. The summed E-state index contributed by atoms with van der Waals surface area (Å²) in [7, 11) is 2.80. The minimum atomic E-state index is -3.02. The Kier molecular flexibility index (Phi) is 4.78. The Balaban J connectivity index is 2.11. The molecule has 3 aliphatic rings. The summed E-state index contributed by atoms with van der Waals surface area (Å²) in [6.45, 7) is 1.25. The molecule has 6 atom stereocenters. The van der Waals surface area contributed by atoms with Crippen LogP contribution in [0.1, 0.15) is 18.1 Å². The minimum absolute atomic E-state index is 0.00664. The number of carbonyl (C=O) groups is 3. The van der Waals surface area contributed by atoms with Crippen LogP contribution in [-0.4, -0.2) is 84.9 Å². The molecule has 1 fully saturated rings. The molecule has 11 heteroatoms. The van der Waals surface area contributed by atoms with Gasteiger partial charge in [-0.05, 0) is 32.6 Å². The summed E-state index contributed by atoms with van der Waals surface area (Å²) in [4.78, 5) is 39.9. The molecular formula is C22H24N2O9. The summed E-state index contributed by atoms with van der Waals surface area (Å²) in [5, 5.41) is 66.3. The number of aliphatic hydroxyl groups is 5. The summed E-state index contributed by atoms with van der Waals surface area (Å²) < 4.78 is 0. The molecule has 3 aliphatic carbocycles. The molecule has 0 aliphatic heterocycles. The lowest BCUT2D eigenvalue weighted by molar-refractivity contribution is -0.181. The van der Waals surface area contributed by atoms with Gasteiger partial charge in [-0.3, -0.25) is 19.3 Å². The molecule has 8 N–H and O–H groups in total. The molecule has 0 heterocycles. The van der Waals surface area contributed by atoms with Gasteiger partial charge in [-0.25, -0.2) is 0 Å². The third kappa shape index (κ3) is 2.61. The zero-order valence-electron chi connectivity index (χ0n) is 18.0. The number of aliphatic hydroxyl groups excluding tert-OH is 3.